The van der Waals surface area contributed by atoms with Crippen LogP contribution in [-0.4, -0.2) is 72.2 Å². The van der Waals surface area contributed by atoms with E-state index in [9.17, 15) is 9.59 Å². The molecule has 3 aliphatic heterocycles. The number of hydrogen-bond donors (Lipinski definition) is 0. The van der Waals surface area contributed by atoms with Crippen LogP contribution in [0.25, 0.3) is 15.7 Å². The third-order valence-electron chi connectivity index (χ3n) is 7.49. The van der Waals surface area contributed by atoms with E-state index in [4.69, 9.17) is 4.74 Å². The van der Waals surface area contributed by atoms with Gasteiger partial charge in [0.25, 0.3) is 0 Å². The maximum absolute atomic E-state index is 13.4. The van der Waals surface area contributed by atoms with Crippen molar-refractivity contribution in [2.24, 2.45) is 0 Å². The van der Waals surface area contributed by atoms with Crippen molar-refractivity contribution >= 4 is 44.8 Å². The Balaban J connectivity index is 1.12. The molecule has 0 radical (unpaired) electrons. The van der Waals surface area contributed by atoms with Crippen molar-refractivity contribution in [1.29, 1.82) is 0 Å². The number of rotatable bonds is 3. The van der Waals surface area contributed by atoms with Gasteiger partial charge in [-0.1, -0.05) is 24.3 Å². The summed E-state index contributed by atoms with van der Waals surface area (Å²) in [5, 5.41) is 3.43. The van der Waals surface area contributed by atoms with Gasteiger partial charge >= 0.3 is 12.0 Å². The summed E-state index contributed by atoms with van der Waals surface area (Å²) in [5.74, 6) is 0.485. The summed E-state index contributed by atoms with van der Waals surface area (Å²) in [6, 6.07) is 12.9. The third kappa shape index (κ3) is 3.95. The van der Waals surface area contributed by atoms with Crippen LogP contribution in [-0.2, 0) is 4.74 Å². The zero-order valence-corrected chi connectivity index (χ0v) is 20.5. The average Bonchev–Trinajstić information content (AvgIpc) is 3.49. The van der Waals surface area contributed by atoms with E-state index in [1.165, 1.54) is 28.3 Å². The van der Waals surface area contributed by atoms with Gasteiger partial charge in [0.2, 0.25) is 0 Å². The summed E-state index contributed by atoms with van der Waals surface area (Å²) in [6.45, 7) is 2.81. The number of carbonyl (C=O) groups excluding carboxylic acids is 2. The Morgan fingerprint density at radius 2 is 1.89 bits per heavy atom. The van der Waals surface area contributed by atoms with E-state index < -0.39 is 0 Å². The maximum atomic E-state index is 13.4. The second-order valence-electron chi connectivity index (χ2n) is 9.45. The van der Waals surface area contributed by atoms with Crippen LogP contribution >= 0.6 is 11.3 Å². The molecule has 2 saturated heterocycles. The molecule has 3 aliphatic rings. The van der Waals surface area contributed by atoms with Crippen LogP contribution in [0.2, 0.25) is 0 Å². The second-order valence-corrected chi connectivity index (χ2v) is 10.4. The smallest absolute Gasteiger partial charge is 0.339 e. The highest BCUT2D eigenvalue weighted by Gasteiger charge is 2.43. The molecule has 2 amide bonds. The summed E-state index contributed by atoms with van der Waals surface area (Å²) in [4.78, 5) is 36.0. The van der Waals surface area contributed by atoms with E-state index in [0.717, 1.165) is 31.6 Å². The van der Waals surface area contributed by atoms with Crippen LogP contribution in [0.5, 0.6) is 0 Å². The molecule has 0 aliphatic carbocycles. The van der Waals surface area contributed by atoms with Gasteiger partial charge in [-0.3, -0.25) is 0 Å². The standard InChI is InChI=1S/C27H28N4O3S/c1-34-26(32)20-5-8-24(28-15-20)31-21-6-7-22(31)17-30(16-21)27(33)29-12-9-18(10-13-29)23-4-2-3-19-11-14-35-25(19)23/h2-5,8-9,11,14-15,21-22H,6-7,10,12-13,16-17H2,1H3. The number of nitrogens with zero attached hydrogens (tertiary/aromatic N) is 4. The zero-order chi connectivity index (χ0) is 23.9. The van der Waals surface area contributed by atoms with Crippen LogP contribution < -0.4 is 4.90 Å². The number of piperazine rings is 1. The molecule has 180 valence electrons. The number of anilines is 1. The number of benzene rings is 1. The first-order chi connectivity index (χ1) is 17.1. The predicted octanol–water partition coefficient (Wildman–Crippen LogP) is 4.65. The lowest BCUT2D eigenvalue weighted by Gasteiger charge is -2.43. The molecule has 0 saturated carbocycles. The van der Waals surface area contributed by atoms with E-state index in [-0.39, 0.29) is 24.1 Å². The Bertz CT molecular complexity index is 1290. The molecular weight excluding hydrogens is 460 g/mol. The number of ether oxygens (including phenoxy) is 1. The quantitative estimate of drug-likeness (QED) is 0.503. The minimum atomic E-state index is -0.381. The van der Waals surface area contributed by atoms with Crippen LogP contribution in [0.3, 0.4) is 0 Å². The van der Waals surface area contributed by atoms with Crippen molar-refractivity contribution in [2.45, 2.75) is 31.3 Å². The van der Waals surface area contributed by atoms with Gasteiger partial charge in [-0.2, -0.15) is 0 Å². The Kier molecular flexibility index (Phi) is 5.68. The molecule has 2 atom stereocenters. The van der Waals surface area contributed by atoms with Gasteiger partial charge in [0, 0.05) is 49.2 Å². The van der Waals surface area contributed by atoms with Gasteiger partial charge in [-0.15, -0.1) is 11.3 Å². The minimum Gasteiger partial charge on any atom is -0.465 e. The molecule has 2 aromatic heterocycles. The fourth-order valence-corrected chi connectivity index (χ4v) is 6.69. The van der Waals surface area contributed by atoms with Crippen molar-refractivity contribution < 1.29 is 14.3 Å². The first-order valence-corrected chi connectivity index (χ1v) is 13.0. The van der Waals surface area contributed by atoms with Gasteiger partial charge < -0.3 is 19.4 Å². The fraction of sp³-hybridized carbons (Fsp3) is 0.370. The predicted molar refractivity (Wildman–Crippen MR) is 138 cm³/mol. The molecule has 0 spiro atoms. The van der Waals surface area contributed by atoms with Crippen molar-refractivity contribution in [3.8, 4) is 0 Å². The Labute approximate surface area is 208 Å². The van der Waals surface area contributed by atoms with Crippen molar-refractivity contribution in [1.82, 2.24) is 14.8 Å². The van der Waals surface area contributed by atoms with Gasteiger partial charge in [0.1, 0.15) is 5.82 Å². The number of fused-ring (bicyclic) bond motifs is 3. The lowest BCUT2D eigenvalue weighted by atomic mass is 9.98. The summed E-state index contributed by atoms with van der Waals surface area (Å²) >= 11 is 1.78. The fourth-order valence-electron chi connectivity index (χ4n) is 5.74. The molecule has 35 heavy (non-hydrogen) atoms. The van der Waals surface area contributed by atoms with E-state index in [2.05, 4.69) is 45.6 Å². The molecule has 3 aromatic rings. The van der Waals surface area contributed by atoms with Gasteiger partial charge in [-0.25, -0.2) is 14.6 Å². The van der Waals surface area contributed by atoms with Crippen LogP contribution in [0.1, 0.15) is 35.2 Å². The Morgan fingerprint density at radius 3 is 2.57 bits per heavy atom. The topological polar surface area (TPSA) is 66.0 Å². The highest BCUT2D eigenvalue weighted by molar-refractivity contribution is 7.17. The Hall–Kier alpha value is -3.39. The molecule has 2 unspecified atom stereocenters. The first kappa shape index (κ1) is 22.1. The van der Waals surface area contributed by atoms with E-state index >= 15 is 0 Å². The van der Waals surface area contributed by atoms with Gasteiger partial charge in [0.05, 0.1) is 12.7 Å². The molecule has 1 aromatic carbocycles. The number of methoxy groups -OCH3 is 1. The summed E-state index contributed by atoms with van der Waals surface area (Å²) < 4.78 is 6.11. The summed E-state index contributed by atoms with van der Waals surface area (Å²) in [5.41, 5.74) is 3.10. The molecule has 2 bridgehead atoms. The van der Waals surface area contributed by atoms with Crippen molar-refractivity contribution in [3.05, 3.63) is 65.2 Å². The molecule has 5 heterocycles. The lowest BCUT2D eigenvalue weighted by Crippen LogP contribution is -2.58. The maximum Gasteiger partial charge on any atom is 0.339 e. The number of likely N-dealkylation sites (tertiary alicyclic amines) is 1. The van der Waals surface area contributed by atoms with Gasteiger partial charge in [-0.05, 0) is 59.4 Å². The third-order valence-corrected chi connectivity index (χ3v) is 8.45. The zero-order valence-electron chi connectivity index (χ0n) is 19.7. The van der Waals surface area contributed by atoms with Crippen molar-refractivity contribution in [2.75, 3.05) is 38.2 Å². The summed E-state index contributed by atoms with van der Waals surface area (Å²) in [6.07, 6.45) is 6.78. The number of aromatic nitrogens is 1. The van der Waals surface area contributed by atoms with E-state index in [1.807, 2.05) is 15.9 Å². The number of esters is 1. The molecule has 8 heteroatoms. The minimum absolute atomic E-state index is 0.139. The number of thiophene rings is 1. The first-order valence-electron chi connectivity index (χ1n) is 12.1. The largest absolute Gasteiger partial charge is 0.465 e. The average molecular weight is 489 g/mol. The number of pyridine rings is 1. The number of hydrogen-bond acceptors (Lipinski definition) is 6. The molecule has 7 nitrogen and oxygen atoms in total. The summed E-state index contributed by atoms with van der Waals surface area (Å²) in [7, 11) is 1.37. The van der Waals surface area contributed by atoms with Crippen LogP contribution in [0.4, 0.5) is 10.6 Å². The number of amides is 2. The van der Waals surface area contributed by atoms with E-state index in [0.29, 0.717) is 25.2 Å². The molecule has 2 fully saturated rings. The van der Waals surface area contributed by atoms with Gasteiger partial charge in [0.15, 0.2) is 0 Å². The van der Waals surface area contributed by atoms with Crippen LogP contribution in [0, 0.1) is 0 Å². The Morgan fingerprint density at radius 1 is 1.06 bits per heavy atom. The SMILES string of the molecule is COC(=O)c1ccc(N2C3CCC2CN(C(=O)N2CC=C(c4cccc5ccsc45)CC2)C3)nc1. The van der Waals surface area contributed by atoms with Crippen molar-refractivity contribution in [3.63, 3.8) is 0 Å². The van der Waals surface area contributed by atoms with E-state index in [1.54, 1.807) is 23.6 Å². The molecule has 0 N–H and O–H groups in total. The monoisotopic (exact) mass is 488 g/mol. The number of carbonyl (C=O) groups is 2. The normalized spacial score (nSPS) is 21.9. The highest BCUT2D eigenvalue weighted by atomic mass is 32.1. The number of urea groups is 1. The molecular formula is C27H28N4O3S. The lowest BCUT2D eigenvalue weighted by molar-refractivity contribution is 0.0600. The highest BCUT2D eigenvalue weighted by Crippen LogP contribution is 2.36. The second kappa shape index (κ2) is 9.00. The van der Waals surface area contributed by atoms with Crippen LogP contribution in [0.15, 0.2) is 54.1 Å². The molecule has 6 rings (SSSR count).